The first-order chi connectivity index (χ1) is 17.6. The molecule has 176 valence electrons. The minimum atomic E-state index is 0.0479. The van der Waals surface area contributed by atoms with Crippen molar-refractivity contribution in [3.8, 4) is 28.5 Å². The van der Waals surface area contributed by atoms with Gasteiger partial charge >= 0.3 is 0 Å². The summed E-state index contributed by atoms with van der Waals surface area (Å²) in [5.74, 6) is 2.04. The number of H-pyrrole nitrogens is 1. The van der Waals surface area contributed by atoms with Gasteiger partial charge in [-0.15, -0.1) is 0 Å². The Balaban J connectivity index is 1.16. The van der Waals surface area contributed by atoms with Crippen LogP contribution >= 0.6 is 0 Å². The van der Waals surface area contributed by atoms with Crippen molar-refractivity contribution in [2.75, 3.05) is 0 Å². The lowest BCUT2D eigenvalue weighted by atomic mass is 10.0. The number of fused-ring (bicyclic) bond motifs is 1. The number of carbonyl (C=O) groups excluding carboxylic acids is 1. The summed E-state index contributed by atoms with van der Waals surface area (Å²) >= 11 is 0. The molecule has 0 aliphatic carbocycles. The molecule has 36 heavy (non-hydrogen) atoms. The molecule has 6 rings (SSSR count). The van der Waals surface area contributed by atoms with Crippen LogP contribution < -0.4 is 0 Å². The maximum atomic E-state index is 12.6. The van der Waals surface area contributed by atoms with Crippen molar-refractivity contribution in [3.63, 3.8) is 0 Å². The minimum absolute atomic E-state index is 0.0479. The van der Waals surface area contributed by atoms with Gasteiger partial charge in [0.15, 0.2) is 5.82 Å². The van der Waals surface area contributed by atoms with Crippen LogP contribution in [0.4, 0.5) is 0 Å². The third-order valence-electron chi connectivity index (χ3n) is 5.85. The number of aromatic amines is 1. The standard InChI is InChI=1S/C27H21N7O2/c1-17-15-34(16-30-17)27-25-23(8-10-29-27)31-26(32-25)19-6-4-18(5-7-19)11-21(35)12-22-13-24(33-36-22)20-3-2-9-28-14-20/h2-10,13-16H,11-12H2,1H3,(H,31,32). The van der Waals surface area contributed by atoms with Gasteiger partial charge in [0, 0.05) is 48.4 Å². The van der Waals surface area contributed by atoms with E-state index in [-0.39, 0.29) is 12.2 Å². The fourth-order valence-electron chi connectivity index (χ4n) is 4.10. The number of Topliss-reactive ketones (excluding diaryl/α,β-unsaturated/α-hetero) is 1. The smallest absolute Gasteiger partial charge is 0.166 e. The number of rotatable bonds is 7. The number of pyridine rings is 2. The lowest BCUT2D eigenvalue weighted by Crippen LogP contribution is -2.05. The van der Waals surface area contributed by atoms with Crippen molar-refractivity contribution in [2.24, 2.45) is 0 Å². The lowest BCUT2D eigenvalue weighted by molar-refractivity contribution is -0.118. The molecule has 0 unspecified atom stereocenters. The van der Waals surface area contributed by atoms with Crippen LogP contribution in [0.2, 0.25) is 0 Å². The number of ketones is 1. The van der Waals surface area contributed by atoms with Gasteiger partial charge in [-0.3, -0.25) is 14.3 Å². The molecule has 0 bridgehead atoms. The summed E-state index contributed by atoms with van der Waals surface area (Å²) in [5, 5.41) is 4.05. The lowest BCUT2D eigenvalue weighted by Gasteiger charge is -2.02. The van der Waals surface area contributed by atoms with Crippen molar-refractivity contribution < 1.29 is 9.32 Å². The molecule has 9 nitrogen and oxygen atoms in total. The van der Waals surface area contributed by atoms with Gasteiger partial charge in [-0.25, -0.2) is 15.0 Å². The van der Waals surface area contributed by atoms with E-state index < -0.39 is 0 Å². The number of hydrogen-bond donors (Lipinski definition) is 1. The van der Waals surface area contributed by atoms with Gasteiger partial charge in [-0.2, -0.15) is 0 Å². The van der Waals surface area contributed by atoms with Crippen LogP contribution in [0.5, 0.6) is 0 Å². The Hall–Kier alpha value is -4.92. The summed E-state index contributed by atoms with van der Waals surface area (Å²) in [7, 11) is 0. The molecule has 9 heteroatoms. The van der Waals surface area contributed by atoms with Crippen LogP contribution in [0, 0.1) is 6.92 Å². The average Bonchev–Trinajstić information content (AvgIpc) is 3.64. The van der Waals surface area contributed by atoms with Gasteiger partial charge in [-0.05, 0) is 30.7 Å². The number of nitrogens with one attached hydrogen (secondary N) is 1. The summed E-state index contributed by atoms with van der Waals surface area (Å²) in [6.07, 6.45) is 9.29. The average molecular weight is 476 g/mol. The fourth-order valence-corrected chi connectivity index (χ4v) is 4.10. The number of imidazole rings is 2. The third-order valence-corrected chi connectivity index (χ3v) is 5.85. The zero-order valence-corrected chi connectivity index (χ0v) is 19.4. The number of nitrogens with zero attached hydrogens (tertiary/aromatic N) is 6. The molecule has 5 aromatic heterocycles. The molecule has 0 fully saturated rings. The van der Waals surface area contributed by atoms with Gasteiger partial charge < -0.3 is 9.51 Å². The molecule has 6 aromatic rings. The Morgan fingerprint density at radius 3 is 2.69 bits per heavy atom. The Labute approximate surface area is 205 Å². The molecule has 5 heterocycles. The van der Waals surface area contributed by atoms with Gasteiger partial charge in [0.25, 0.3) is 0 Å². The molecular formula is C27H21N7O2. The largest absolute Gasteiger partial charge is 0.360 e. The van der Waals surface area contributed by atoms with E-state index in [1.54, 1.807) is 31.0 Å². The zero-order chi connectivity index (χ0) is 24.5. The second-order valence-electron chi connectivity index (χ2n) is 8.55. The molecule has 1 N–H and O–H groups in total. The predicted molar refractivity (Wildman–Crippen MR) is 133 cm³/mol. The normalized spacial score (nSPS) is 11.2. The Kier molecular flexibility index (Phi) is 5.42. The van der Waals surface area contributed by atoms with E-state index in [9.17, 15) is 4.79 Å². The molecule has 0 spiro atoms. The van der Waals surface area contributed by atoms with Crippen LogP contribution in [0.1, 0.15) is 17.0 Å². The summed E-state index contributed by atoms with van der Waals surface area (Å²) in [4.78, 5) is 33.6. The molecule has 1 aromatic carbocycles. The number of hydrogen-bond acceptors (Lipinski definition) is 7. The third kappa shape index (κ3) is 4.29. The molecule has 0 aliphatic heterocycles. The van der Waals surface area contributed by atoms with E-state index in [0.717, 1.165) is 45.1 Å². The molecule has 0 saturated heterocycles. The van der Waals surface area contributed by atoms with Crippen LogP contribution in [-0.4, -0.2) is 40.4 Å². The highest BCUT2D eigenvalue weighted by Crippen LogP contribution is 2.24. The first kappa shape index (κ1) is 21.6. The summed E-state index contributed by atoms with van der Waals surface area (Å²) in [5.41, 5.74) is 5.92. The highest BCUT2D eigenvalue weighted by Gasteiger charge is 2.14. The minimum Gasteiger partial charge on any atom is -0.360 e. The SMILES string of the molecule is Cc1cn(-c2nccc3[nH]c(-c4ccc(CC(=O)Cc5cc(-c6cccnc6)no5)cc4)nc23)cn1. The first-order valence-corrected chi connectivity index (χ1v) is 11.4. The van der Waals surface area contributed by atoms with Crippen molar-refractivity contribution in [2.45, 2.75) is 19.8 Å². The van der Waals surface area contributed by atoms with Crippen molar-refractivity contribution in [1.82, 2.24) is 34.6 Å². The van der Waals surface area contributed by atoms with Gasteiger partial charge in [0.1, 0.15) is 34.9 Å². The number of carbonyl (C=O) groups is 1. The van der Waals surface area contributed by atoms with E-state index in [0.29, 0.717) is 17.9 Å². The fraction of sp³-hybridized carbons (Fsp3) is 0.111. The highest BCUT2D eigenvalue weighted by molar-refractivity contribution is 5.85. The number of aromatic nitrogens is 7. The van der Waals surface area contributed by atoms with E-state index >= 15 is 0 Å². The molecule has 0 saturated carbocycles. The Morgan fingerprint density at radius 2 is 1.92 bits per heavy atom. The molecule has 0 radical (unpaired) electrons. The Morgan fingerprint density at radius 1 is 1.03 bits per heavy atom. The summed E-state index contributed by atoms with van der Waals surface area (Å²) in [6, 6.07) is 15.2. The van der Waals surface area contributed by atoms with Crippen molar-refractivity contribution >= 4 is 16.8 Å². The molecular weight excluding hydrogens is 454 g/mol. The van der Waals surface area contributed by atoms with Gasteiger partial charge in [0.2, 0.25) is 0 Å². The van der Waals surface area contributed by atoms with Crippen LogP contribution in [0.25, 0.3) is 39.5 Å². The van der Waals surface area contributed by atoms with E-state index in [2.05, 4.69) is 25.1 Å². The predicted octanol–water partition coefficient (Wildman–Crippen LogP) is 4.52. The molecule has 0 atom stereocenters. The van der Waals surface area contributed by atoms with Crippen molar-refractivity contribution in [3.05, 3.63) is 96.7 Å². The summed E-state index contributed by atoms with van der Waals surface area (Å²) in [6.45, 7) is 1.93. The maximum Gasteiger partial charge on any atom is 0.166 e. The van der Waals surface area contributed by atoms with Gasteiger partial charge in [-0.1, -0.05) is 29.4 Å². The topological polar surface area (TPSA) is 115 Å². The van der Waals surface area contributed by atoms with Crippen LogP contribution in [0.15, 0.2) is 84.2 Å². The van der Waals surface area contributed by atoms with Crippen molar-refractivity contribution in [1.29, 1.82) is 0 Å². The number of benzene rings is 1. The first-order valence-electron chi connectivity index (χ1n) is 11.4. The second kappa shape index (κ2) is 9.03. The summed E-state index contributed by atoms with van der Waals surface area (Å²) < 4.78 is 7.22. The molecule has 0 amide bonds. The highest BCUT2D eigenvalue weighted by atomic mass is 16.5. The quantitative estimate of drug-likeness (QED) is 0.361. The second-order valence-corrected chi connectivity index (χ2v) is 8.55. The van der Waals surface area contributed by atoms with E-state index in [1.807, 2.05) is 60.2 Å². The van der Waals surface area contributed by atoms with E-state index in [1.165, 1.54) is 0 Å². The maximum absolute atomic E-state index is 12.6. The Bertz CT molecular complexity index is 1660. The number of aryl methyl sites for hydroxylation is 1. The van der Waals surface area contributed by atoms with Crippen LogP contribution in [0.3, 0.4) is 0 Å². The van der Waals surface area contributed by atoms with Crippen LogP contribution in [-0.2, 0) is 17.6 Å². The van der Waals surface area contributed by atoms with E-state index in [4.69, 9.17) is 9.51 Å². The monoisotopic (exact) mass is 475 g/mol. The van der Waals surface area contributed by atoms with Gasteiger partial charge in [0.05, 0.1) is 17.6 Å². The molecule has 0 aliphatic rings. The zero-order valence-electron chi connectivity index (χ0n) is 19.4.